The number of carbonyl (C=O) groups excluding carboxylic acids is 3. The van der Waals surface area contributed by atoms with Crippen molar-refractivity contribution in [1.82, 2.24) is 10.6 Å². The maximum atomic E-state index is 12.9. The molecule has 0 radical (unpaired) electrons. The van der Waals surface area contributed by atoms with Crippen molar-refractivity contribution < 1.29 is 48.7 Å². The highest BCUT2D eigenvalue weighted by atomic mass is 16.6. The van der Waals surface area contributed by atoms with Crippen molar-refractivity contribution in [3.63, 3.8) is 0 Å². The lowest BCUT2D eigenvalue weighted by Crippen LogP contribution is -2.48. The number of aliphatic hydroxyl groups is 3. The quantitative estimate of drug-likeness (QED) is 0.0458. The van der Waals surface area contributed by atoms with Crippen LogP contribution in [0.3, 0.4) is 0 Å². The summed E-state index contributed by atoms with van der Waals surface area (Å²) in [6, 6.07) is 0. The molecule has 0 bridgehead atoms. The van der Waals surface area contributed by atoms with E-state index >= 15 is 0 Å². The minimum atomic E-state index is -1.35. The molecule has 0 spiro atoms. The number of amides is 1. The minimum absolute atomic E-state index is 0.0223. The van der Waals surface area contributed by atoms with E-state index in [1.54, 1.807) is 51.2 Å². The summed E-state index contributed by atoms with van der Waals surface area (Å²) in [5.74, 6) is -1.60. The SMILES string of the molecule is CCNCCNC(=O)OC1(C)CCC(O)CC(=O)OC(/C(C)=C/C=C/C(C)(O)CC2OC2C(C)C(O)CC)C(C)/C=C/C1OC(C)=O. The molecule has 0 aromatic rings. The number of rotatable bonds is 14. The van der Waals surface area contributed by atoms with Crippen molar-refractivity contribution in [2.45, 2.75) is 135 Å². The predicted octanol–water partition coefficient (Wildman–Crippen LogP) is 3.48. The van der Waals surface area contributed by atoms with E-state index in [0.717, 1.165) is 6.54 Å². The number of nitrogens with one attached hydrogen (secondary N) is 2. The second kappa shape index (κ2) is 18.7. The monoisotopic (exact) mass is 666 g/mol. The lowest BCUT2D eigenvalue weighted by atomic mass is 9.88. The van der Waals surface area contributed by atoms with Crippen LogP contribution in [-0.4, -0.2) is 101 Å². The third-order valence-electron chi connectivity index (χ3n) is 8.79. The average Bonchev–Trinajstić information content (AvgIpc) is 3.75. The summed E-state index contributed by atoms with van der Waals surface area (Å²) in [4.78, 5) is 37.8. The van der Waals surface area contributed by atoms with Crippen LogP contribution in [-0.2, 0) is 28.5 Å². The number of allylic oxidation sites excluding steroid dienone is 2. The van der Waals surface area contributed by atoms with Crippen LogP contribution >= 0.6 is 0 Å². The zero-order valence-corrected chi connectivity index (χ0v) is 29.4. The Kier molecular flexibility index (Phi) is 16.1. The van der Waals surface area contributed by atoms with Gasteiger partial charge in [0.05, 0.1) is 36.4 Å². The van der Waals surface area contributed by atoms with E-state index < -0.39 is 59.6 Å². The first kappa shape index (κ1) is 40.4. The van der Waals surface area contributed by atoms with E-state index in [4.69, 9.17) is 18.9 Å². The first-order valence-corrected chi connectivity index (χ1v) is 16.8. The molecular formula is C35H58N2O10. The van der Waals surface area contributed by atoms with Crippen molar-refractivity contribution in [1.29, 1.82) is 0 Å². The van der Waals surface area contributed by atoms with Gasteiger partial charge in [0.25, 0.3) is 0 Å². The molecular weight excluding hydrogens is 608 g/mol. The highest BCUT2D eigenvalue weighted by Gasteiger charge is 2.47. The lowest BCUT2D eigenvalue weighted by Gasteiger charge is -2.36. The van der Waals surface area contributed by atoms with Crippen molar-refractivity contribution in [2.24, 2.45) is 11.8 Å². The van der Waals surface area contributed by atoms with Gasteiger partial charge < -0.3 is 44.9 Å². The van der Waals surface area contributed by atoms with Crippen LogP contribution in [0.25, 0.3) is 0 Å². The number of esters is 2. The third kappa shape index (κ3) is 13.7. The first-order chi connectivity index (χ1) is 22.0. The molecule has 0 aromatic carbocycles. The van der Waals surface area contributed by atoms with Gasteiger partial charge in [0.1, 0.15) is 6.10 Å². The molecule has 0 aliphatic carbocycles. The van der Waals surface area contributed by atoms with Crippen LogP contribution < -0.4 is 10.6 Å². The second-order valence-electron chi connectivity index (χ2n) is 13.4. The molecule has 0 saturated carbocycles. The number of epoxide rings is 1. The van der Waals surface area contributed by atoms with Gasteiger partial charge in [0.2, 0.25) is 0 Å². The normalized spacial score (nSPS) is 32.1. The largest absolute Gasteiger partial charge is 0.457 e. The molecule has 2 rings (SSSR count). The zero-order chi connectivity index (χ0) is 35.4. The molecule has 268 valence electrons. The molecule has 1 saturated heterocycles. The smallest absolute Gasteiger partial charge is 0.407 e. The molecule has 2 aliphatic heterocycles. The van der Waals surface area contributed by atoms with E-state index in [2.05, 4.69) is 10.6 Å². The summed E-state index contributed by atoms with van der Waals surface area (Å²) in [6.45, 7) is 15.7. The van der Waals surface area contributed by atoms with Crippen LogP contribution in [0.15, 0.2) is 36.0 Å². The van der Waals surface area contributed by atoms with Crippen LogP contribution in [0.5, 0.6) is 0 Å². The molecule has 47 heavy (non-hydrogen) atoms. The number of ether oxygens (including phenoxy) is 4. The molecule has 5 N–H and O–H groups in total. The molecule has 10 unspecified atom stereocenters. The van der Waals surface area contributed by atoms with E-state index in [1.165, 1.54) is 6.92 Å². The van der Waals surface area contributed by atoms with Gasteiger partial charge in [-0.15, -0.1) is 0 Å². The topological polar surface area (TPSA) is 176 Å². The summed E-state index contributed by atoms with van der Waals surface area (Å²) in [6.07, 6.45) is 5.19. The van der Waals surface area contributed by atoms with Gasteiger partial charge in [0.15, 0.2) is 11.7 Å². The molecule has 1 fully saturated rings. The fourth-order valence-corrected chi connectivity index (χ4v) is 5.76. The number of cyclic esters (lactones) is 1. The fraction of sp³-hybridized carbons (Fsp3) is 0.743. The second-order valence-corrected chi connectivity index (χ2v) is 13.4. The number of hydrogen-bond donors (Lipinski definition) is 5. The maximum Gasteiger partial charge on any atom is 0.407 e. The van der Waals surface area contributed by atoms with Crippen LogP contribution in [0.1, 0.15) is 87.5 Å². The molecule has 12 nitrogen and oxygen atoms in total. The third-order valence-corrected chi connectivity index (χ3v) is 8.79. The Balaban J connectivity index is 2.26. The Morgan fingerprint density at radius 3 is 2.57 bits per heavy atom. The van der Waals surface area contributed by atoms with Gasteiger partial charge >= 0.3 is 18.0 Å². The van der Waals surface area contributed by atoms with Crippen molar-refractivity contribution in [3.05, 3.63) is 36.0 Å². The molecule has 10 atom stereocenters. The van der Waals surface area contributed by atoms with Crippen LogP contribution in [0, 0.1) is 11.8 Å². The average molecular weight is 667 g/mol. The zero-order valence-electron chi connectivity index (χ0n) is 29.4. The molecule has 2 heterocycles. The van der Waals surface area contributed by atoms with Gasteiger partial charge in [-0.1, -0.05) is 52.0 Å². The Morgan fingerprint density at radius 1 is 1.23 bits per heavy atom. The molecule has 12 heteroatoms. The van der Waals surface area contributed by atoms with Gasteiger partial charge in [-0.3, -0.25) is 9.59 Å². The summed E-state index contributed by atoms with van der Waals surface area (Å²) in [5.41, 5.74) is -1.84. The predicted molar refractivity (Wildman–Crippen MR) is 177 cm³/mol. The lowest BCUT2D eigenvalue weighted by molar-refractivity contribution is -0.157. The number of alkyl carbamates (subject to hydrolysis) is 1. The number of likely N-dealkylation sites (N-methyl/N-ethyl adjacent to an activating group) is 1. The van der Waals surface area contributed by atoms with E-state index in [9.17, 15) is 29.7 Å². The Morgan fingerprint density at radius 2 is 1.94 bits per heavy atom. The van der Waals surface area contributed by atoms with Crippen molar-refractivity contribution in [2.75, 3.05) is 19.6 Å². The summed E-state index contributed by atoms with van der Waals surface area (Å²) in [5, 5.41) is 37.6. The summed E-state index contributed by atoms with van der Waals surface area (Å²) in [7, 11) is 0. The minimum Gasteiger partial charge on any atom is -0.457 e. The van der Waals surface area contributed by atoms with Gasteiger partial charge in [0, 0.05) is 38.3 Å². The van der Waals surface area contributed by atoms with E-state index in [0.29, 0.717) is 31.5 Å². The van der Waals surface area contributed by atoms with E-state index in [1.807, 2.05) is 27.7 Å². The maximum absolute atomic E-state index is 12.9. The first-order valence-electron chi connectivity index (χ1n) is 16.8. The van der Waals surface area contributed by atoms with Crippen molar-refractivity contribution >= 4 is 18.0 Å². The Hall–Kier alpha value is -2.77. The van der Waals surface area contributed by atoms with E-state index in [-0.39, 0.29) is 37.4 Å². The van der Waals surface area contributed by atoms with Gasteiger partial charge in [-0.2, -0.15) is 0 Å². The van der Waals surface area contributed by atoms with Gasteiger partial charge in [-0.05, 0) is 58.2 Å². The summed E-state index contributed by atoms with van der Waals surface area (Å²) >= 11 is 0. The Labute approximate surface area is 279 Å². The van der Waals surface area contributed by atoms with Crippen molar-refractivity contribution in [3.8, 4) is 0 Å². The summed E-state index contributed by atoms with van der Waals surface area (Å²) < 4.78 is 23.0. The standard InChI is InChI=1S/C35H58N2O10/c1-9-27(40)24(5)32-28(45-32)21-34(7,43)16-11-12-22(3)31-23(4)13-14-29(44-25(6)38)35(8,17-15-26(39)20-30(41)46-31)47-33(42)37-19-18-36-10-2/h11-14,16,23-24,26-29,31-32,36,39-40,43H,9-10,15,17-21H2,1-8H3,(H,37,42)/b14-13+,16-11+,22-12+. The molecule has 1 amide bonds. The number of aliphatic hydroxyl groups excluding tert-OH is 2. The van der Waals surface area contributed by atoms with Crippen LogP contribution in [0.2, 0.25) is 0 Å². The number of hydrogen-bond acceptors (Lipinski definition) is 11. The molecule has 0 aromatic heterocycles. The Bertz CT molecular complexity index is 1120. The highest BCUT2D eigenvalue weighted by Crippen LogP contribution is 2.37. The molecule has 2 aliphatic rings. The van der Waals surface area contributed by atoms with Gasteiger partial charge in [-0.25, -0.2) is 4.79 Å². The fourth-order valence-electron chi connectivity index (χ4n) is 5.76. The van der Waals surface area contributed by atoms with Crippen LogP contribution in [0.4, 0.5) is 4.79 Å². The highest BCUT2D eigenvalue weighted by molar-refractivity contribution is 5.70. The number of carbonyl (C=O) groups is 3.